The first-order valence-electron chi connectivity index (χ1n) is 6.65. The highest BCUT2D eigenvalue weighted by molar-refractivity contribution is 9.10. The van der Waals surface area contributed by atoms with Gasteiger partial charge in [-0.3, -0.25) is 9.59 Å². The molecular formula is C16H13BrN2O3. The van der Waals surface area contributed by atoms with Crippen LogP contribution in [0.3, 0.4) is 0 Å². The SMILES string of the molecule is CN(C(=O)c1ccccc1Br)N1C(=O)c2ccccc2C1O. The number of benzene rings is 2. The van der Waals surface area contributed by atoms with Gasteiger partial charge in [0.05, 0.1) is 5.56 Å². The molecule has 22 heavy (non-hydrogen) atoms. The third-order valence-electron chi connectivity index (χ3n) is 3.63. The number of aliphatic hydroxyl groups excluding tert-OH is 1. The average Bonchev–Trinajstić information content (AvgIpc) is 2.78. The number of hydrazine groups is 1. The summed E-state index contributed by atoms with van der Waals surface area (Å²) in [6, 6.07) is 13.7. The molecule has 0 fully saturated rings. The fraction of sp³-hybridized carbons (Fsp3) is 0.125. The van der Waals surface area contributed by atoms with E-state index in [0.717, 1.165) is 10.0 Å². The van der Waals surface area contributed by atoms with Crippen molar-refractivity contribution in [2.75, 3.05) is 7.05 Å². The highest BCUT2D eigenvalue weighted by Crippen LogP contribution is 2.33. The van der Waals surface area contributed by atoms with Gasteiger partial charge in [0.2, 0.25) is 0 Å². The Hall–Kier alpha value is -2.18. The Morgan fingerprint density at radius 2 is 1.82 bits per heavy atom. The maximum absolute atomic E-state index is 12.6. The van der Waals surface area contributed by atoms with Crippen molar-refractivity contribution in [1.82, 2.24) is 10.0 Å². The van der Waals surface area contributed by atoms with Gasteiger partial charge in [-0.05, 0) is 34.1 Å². The van der Waals surface area contributed by atoms with Gasteiger partial charge in [0.15, 0.2) is 6.23 Å². The molecule has 0 radical (unpaired) electrons. The average molecular weight is 361 g/mol. The zero-order valence-electron chi connectivity index (χ0n) is 11.7. The van der Waals surface area contributed by atoms with Crippen molar-refractivity contribution in [1.29, 1.82) is 0 Å². The lowest BCUT2D eigenvalue weighted by Crippen LogP contribution is -2.46. The molecule has 1 N–H and O–H groups in total. The molecule has 3 rings (SSSR count). The molecule has 1 unspecified atom stereocenters. The van der Waals surface area contributed by atoms with Crippen molar-refractivity contribution in [2.45, 2.75) is 6.23 Å². The number of fused-ring (bicyclic) bond motifs is 1. The second kappa shape index (κ2) is 5.55. The van der Waals surface area contributed by atoms with Crippen molar-refractivity contribution >= 4 is 27.7 Å². The van der Waals surface area contributed by atoms with Gasteiger partial charge in [0.1, 0.15) is 0 Å². The van der Waals surface area contributed by atoms with Crippen LogP contribution in [0.4, 0.5) is 0 Å². The lowest BCUT2D eigenvalue weighted by molar-refractivity contribution is -0.0729. The van der Waals surface area contributed by atoms with Crippen molar-refractivity contribution in [3.8, 4) is 0 Å². The first kappa shape index (κ1) is 14.7. The van der Waals surface area contributed by atoms with E-state index in [1.807, 2.05) is 0 Å². The molecule has 0 spiro atoms. The number of nitrogens with zero attached hydrogens (tertiary/aromatic N) is 2. The van der Waals surface area contributed by atoms with E-state index in [2.05, 4.69) is 15.9 Å². The summed E-state index contributed by atoms with van der Waals surface area (Å²) in [5.74, 6) is -0.779. The summed E-state index contributed by atoms with van der Waals surface area (Å²) in [4.78, 5) is 25.0. The highest BCUT2D eigenvalue weighted by Gasteiger charge is 2.39. The lowest BCUT2D eigenvalue weighted by Gasteiger charge is -2.30. The third-order valence-corrected chi connectivity index (χ3v) is 4.32. The molecule has 2 aromatic rings. The van der Waals surface area contributed by atoms with Crippen LogP contribution >= 0.6 is 15.9 Å². The second-order valence-corrected chi connectivity index (χ2v) is 5.77. The van der Waals surface area contributed by atoms with Crippen LogP contribution < -0.4 is 0 Å². The summed E-state index contributed by atoms with van der Waals surface area (Å²) >= 11 is 3.32. The molecule has 1 atom stereocenters. The van der Waals surface area contributed by atoms with Crippen molar-refractivity contribution in [3.05, 3.63) is 69.7 Å². The molecule has 0 aromatic heterocycles. The number of hydrogen-bond acceptors (Lipinski definition) is 3. The van der Waals surface area contributed by atoms with Gasteiger partial charge in [-0.15, -0.1) is 0 Å². The summed E-state index contributed by atoms with van der Waals surface area (Å²) in [5.41, 5.74) is 1.32. The molecular weight excluding hydrogens is 348 g/mol. The van der Waals surface area contributed by atoms with E-state index in [0.29, 0.717) is 21.2 Å². The van der Waals surface area contributed by atoms with Crippen LogP contribution in [0.15, 0.2) is 53.0 Å². The molecule has 0 saturated heterocycles. The first-order chi connectivity index (χ1) is 10.5. The molecule has 0 aliphatic carbocycles. The van der Waals surface area contributed by atoms with Crippen LogP contribution in [0, 0.1) is 0 Å². The molecule has 1 heterocycles. The van der Waals surface area contributed by atoms with Crippen LogP contribution in [-0.2, 0) is 0 Å². The minimum atomic E-state index is -1.17. The Morgan fingerprint density at radius 3 is 2.50 bits per heavy atom. The van der Waals surface area contributed by atoms with Gasteiger partial charge in [-0.25, -0.2) is 10.0 Å². The topological polar surface area (TPSA) is 60.9 Å². The van der Waals surface area contributed by atoms with E-state index in [1.165, 1.54) is 7.05 Å². The summed E-state index contributed by atoms with van der Waals surface area (Å²) in [6.45, 7) is 0. The van der Waals surface area contributed by atoms with Crippen LogP contribution in [0.5, 0.6) is 0 Å². The minimum absolute atomic E-state index is 0.382. The van der Waals surface area contributed by atoms with Crippen molar-refractivity contribution in [3.63, 3.8) is 0 Å². The Labute approximate surface area is 135 Å². The normalized spacial score (nSPS) is 16.6. The van der Waals surface area contributed by atoms with Gasteiger partial charge in [-0.1, -0.05) is 30.3 Å². The molecule has 1 aliphatic rings. The zero-order valence-corrected chi connectivity index (χ0v) is 13.3. The van der Waals surface area contributed by atoms with E-state index in [1.54, 1.807) is 48.5 Å². The van der Waals surface area contributed by atoms with Gasteiger partial charge in [0.25, 0.3) is 11.8 Å². The Bertz CT molecular complexity index is 763. The fourth-order valence-corrected chi connectivity index (χ4v) is 2.94. The number of amides is 2. The van der Waals surface area contributed by atoms with E-state index >= 15 is 0 Å². The van der Waals surface area contributed by atoms with Crippen molar-refractivity contribution in [2.24, 2.45) is 0 Å². The summed E-state index contributed by atoms with van der Waals surface area (Å²) < 4.78 is 0.630. The minimum Gasteiger partial charge on any atom is -0.368 e. The maximum atomic E-state index is 12.6. The molecule has 0 bridgehead atoms. The molecule has 5 nitrogen and oxygen atoms in total. The monoisotopic (exact) mass is 360 g/mol. The second-order valence-electron chi connectivity index (χ2n) is 4.92. The largest absolute Gasteiger partial charge is 0.368 e. The third kappa shape index (κ3) is 2.20. The number of carbonyl (C=O) groups is 2. The first-order valence-corrected chi connectivity index (χ1v) is 7.44. The van der Waals surface area contributed by atoms with Crippen LogP contribution in [0.25, 0.3) is 0 Å². The lowest BCUT2D eigenvalue weighted by atomic mass is 10.1. The molecule has 112 valence electrons. The van der Waals surface area contributed by atoms with Crippen LogP contribution in [0.1, 0.15) is 32.5 Å². The van der Waals surface area contributed by atoms with Gasteiger partial charge in [-0.2, -0.15) is 0 Å². The standard InChI is InChI=1S/C16H13BrN2O3/c1-18(14(20)12-8-4-5-9-13(12)17)19-15(21)10-6-2-3-7-11(10)16(19)22/h2-9,15,21H,1H3. The Balaban J connectivity index is 1.94. The summed E-state index contributed by atoms with van der Waals surface area (Å²) in [6.07, 6.45) is -1.17. The smallest absolute Gasteiger partial charge is 0.275 e. The van der Waals surface area contributed by atoms with E-state index in [4.69, 9.17) is 0 Å². The number of hydrogen-bond donors (Lipinski definition) is 1. The van der Waals surface area contributed by atoms with E-state index in [9.17, 15) is 14.7 Å². The molecule has 1 aliphatic heterocycles. The molecule has 2 aromatic carbocycles. The number of rotatable bonds is 2. The molecule has 6 heteroatoms. The van der Waals surface area contributed by atoms with Gasteiger partial charge >= 0.3 is 0 Å². The molecule has 0 saturated carbocycles. The Kier molecular flexibility index (Phi) is 3.72. The number of aliphatic hydroxyl groups is 1. The highest BCUT2D eigenvalue weighted by atomic mass is 79.9. The van der Waals surface area contributed by atoms with Crippen LogP contribution in [-0.4, -0.2) is 34.0 Å². The van der Waals surface area contributed by atoms with E-state index in [-0.39, 0.29) is 5.91 Å². The maximum Gasteiger partial charge on any atom is 0.275 e. The van der Waals surface area contributed by atoms with Gasteiger partial charge < -0.3 is 5.11 Å². The number of carbonyl (C=O) groups excluding carboxylic acids is 2. The fourth-order valence-electron chi connectivity index (χ4n) is 2.49. The van der Waals surface area contributed by atoms with Gasteiger partial charge in [0, 0.05) is 22.6 Å². The quantitative estimate of drug-likeness (QED) is 0.895. The Morgan fingerprint density at radius 1 is 1.18 bits per heavy atom. The predicted octanol–water partition coefficient (Wildman–Crippen LogP) is 2.58. The van der Waals surface area contributed by atoms with Crippen molar-refractivity contribution < 1.29 is 14.7 Å². The van der Waals surface area contributed by atoms with Crippen LogP contribution in [0.2, 0.25) is 0 Å². The number of halogens is 1. The molecule has 2 amide bonds. The summed E-state index contributed by atoms with van der Waals surface area (Å²) in [7, 11) is 1.47. The predicted molar refractivity (Wildman–Crippen MR) is 83.8 cm³/mol. The summed E-state index contributed by atoms with van der Waals surface area (Å²) in [5, 5.41) is 12.6. The zero-order chi connectivity index (χ0) is 15.9. The van der Waals surface area contributed by atoms with E-state index < -0.39 is 12.1 Å².